The minimum Gasteiger partial charge on any atom is -0.392 e. The Kier molecular flexibility index (Phi) is 5.52. The Morgan fingerprint density at radius 3 is 2.20 bits per heavy atom. The second-order valence-electron chi connectivity index (χ2n) is 5.37. The number of rotatable bonds is 5. The summed E-state index contributed by atoms with van der Waals surface area (Å²) in [5.41, 5.74) is 8.59. The number of nitrogens with zero attached hydrogens (tertiary/aromatic N) is 2. The lowest BCUT2D eigenvalue weighted by Gasteiger charge is -2.38. The van der Waals surface area contributed by atoms with Gasteiger partial charge in [-0.15, -0.1) is 0 Å². The van der Waals surface area contributed by atoms with Crippen LogP contribution in [0.25, 0.3) is 0 Å². The molecule has 110 valence electrons. The molecule has 0 radical (unpaired) electrons. The molecule has 0 bridgehead atoms. The average molecular weight is 291 g/mol. The highest BCUT2D eigenvalue weighted by Crippen LogP contribution is 2.23. The van der Waals surface area contributed by atoms with E-state index in [4.69, 9.17) is 18.0 Å². The van der Waals surface area contributed by atoms with Gasteiger partial charge in [-0.2, -0.15) is 0 Å². The first-order valence-electron chi connectivity index (χ1n) is 7.50. The summed E-state index contributed by atoms with van der Waals surface area (Å²) in [6, 6.07) is 8.80. The van der Waals surface area contributed by atoms with Gasteiger partial charge in [0.05, 0.1) is 11.0 Å². The van der Waals surface area contributed by atoms with Crippen molar-refractivity contribution in [2.24, 2.45) is 5.73 Å². The largest absolute Gasteiger partial charge is 0.392 e. The van der Waals surface area contributed by atoms with Gasteiger partial charge < -0.3 is 10.6 Å². The molecular weight excluding hydrogens is 266 g/mol. The van der Waals surface area contributed by atoms with Crippen molar-refractivity contribution in [3.05, 3.63) is 35.4 Å². The van der Waals surface area contributed by atoms with Gasteiger partial charge in [-0.1, -0.05) is 50.3 Å². The fourth-order valence-corrected chi connectivity index (χ4v) is 3.11. The Morgan fingerprint density at radius 2 is 1.75 bits per heavy atom. The molecule has 1 saturated heterocycles. The van der Waals surface area contributed by atoms with Crippen molar-refractivity contribution >= 4 is 17.2 Å². The summed E-state index contributed by atoms with van der Waals surface area (Å²) in [4.78, 5) is 5.46. The van der Waals surface area contributed by atoms with E-state index in [9.17, 15) is 0 Å². The smallest absolute Gasteiger partial charge is 0.0948 e. The number of nitrogens with two attached hydrogens (primary N) is 1. The molecule has 0 amide bonds. The van der Waals surface area contributed by atoms with E-state index in [0.717, 1.165) is 39.1 Å². The van der Waals surface area contributed by atoms with Gasteiger partial charge in [0, 0.05) is 26.2 Å². The molecule has 1 unspecified atom stereocenters. The number of benzene rings is 1. The summed E-state index contributed by atoms with van der Waals surface area (Å²) in [5.74, 6) is 0. The van der Waals surface area contributed by atoms with Crippen LogP contribution in [0.2, 0.25) is 0 Å². The average Bonchev–Trinajstić information content (AvgIpc) is 2.48. The molecule has 0 saturated carbocycles. The number of hydrogen-bond donors (Lipinski definition) is 1. The molecular formula is C16H25N3S. The van der Waals surface area contributed by atoms with Gasteiger partial charge in [0.25, 0.3) is 0 Å². The van der Waals surface area contributed by atoms with E-state index >= 15 is 0 Å². The van der Waals surface area contributed by atoms with E-state index in [-0.39, 0.29) is 6.04 Å². The summed E-state index contributed by atoms with van der Waals surface area (Å²) >= 11 is 5.32. The van der Waals surface area contributed by atoms with Crippen molar-refractivity contribution in [3.63, 3.8) is 0 Å². The van der Waals surface area contributed by atoms with E-state index in [1.807, 2.05) is 0 Å². The molecule has 1 atom stereocenters. The van der Waals surface area contributed by atoms with E-state index in [1.54, 1.807) is 0 Å². The zero-order valence-corrected chi connectivity index (χ0v) is 13.3. The zero-order chi connectivity index (χ0) is 14.5. The first kappa shape index (κ1) is 15.4. The van der Waals surface area contributed by atoms with Crippen molar-refractivity contribution in [2.75, 3.05) is 32.7 Å². The number of aryl methyl sites for hydroxylation is 1. The van der Waals surface area contributed by atoms with E-state index in [1.165, 1.54) is 11.1 Å². The Bertz CT molecular complexity index is 436. The number of thiocarbonyl (C=S) groups is 1. The summed E-state index contributed by atoms with van der Waals surface area (Å²) in [5, 5.41) is 0. The maximum Gasteiger partial charge on any atom is 0.0948 e. The van der Waals surface area contributed by atoms with Gasteiger partial charge in [-0.25, -0.2) is 0 Å². The molecule has 4 heteroatoms. The van der Waals surface area contributed by atoms with Crippen LogP contribution in [0.3, 0.4) is 0 Å². The lowest BCUT2D eigenvalue weighted by Crippen LogP contribution is -2.49. The van der Waals surface area contributed by atoms with E-state index in [0.29, 0.717) is 4.99 Å². The molecule has 0 aromatic heterocycles. The molecule has 0 aliphatic carbocycles. The predicted octanol–water partition coefficient (Wildman–Crippen LogP) is 2.21. The van der Waals surface area contributed by atoms with Crippen LogP contribution in [0, 0.1) is 0 Å². The Morgan fingerprint density at radius 1 is 1.15 bits per heavy atom. The summed E-state index contributed by atoms with van der Waals surface area (Å²) in [6.45, 7) is 9.77. The molecule has 1 fully saturated rings. The van der Waals surface area contributed by atoms with Gasteiger partial charge in [0.1, 0.15) is 0 Å². The first-order valence-corrected chi connectivity index (χ1v) is 7.91. The maximum absolute atomic E-state index is 6.01. The summed E-state index contributed by atoms with van der Waals surface area (Å²) < 4.78 is 0. The second kappa shape index (κ2) is 7.16. The van der Waals surface area contributed by atoms with Crippen molar-refractivity contribution in [2.45, 2.75) is 26.3 Å². The summed E-state index contributed by atoms with van der Waals surface area (Å²) in [7, 11) is 0. The third kappa shape index (κ3) is 3.57. The van der Waals surface area contributed by atoms with Crippen LogP contribution in [0.15, 0.2) is 24.3 Å². The molecule has 3 nitrogen and oxygen atoms in total. The standard InChI is InChI=1S/C16H25N3S/c1-3-13-5-7-14(8-6-13)15(16(17)20)19-11-9-18(4-2)10-12-19/h5-8,15H,3-4,9-12H2,1-2H3,(H2,17,20). The lowest BCUT2D eigenvalue weighted by molar-refractivity contribution is 0.122. The van der Waals surface area contributed by atoms with Gasteiger partial charge in [-0.05, 0) is 24.1 Å². The predicted molar refractivity (Wildman–Crippen MR) is 89.0 cm³/mol. The van der Waals surface area contributed by atoms with Crippen molar-refractivity contribution < 1.29 is 0 Å². The Labute approximate surface area is 127 Å². The van der Waals surface area contributed by atoms with Crippen molar-refractivity contribution in [1.29, 1.82) is 0 Å². The topological polar surface area (TPSA) is 32.5 Å². The molecule has 1 aromatic carbocycles. The van der Waals surface area contributed by atoms with Crippen molar-refractivity contribution in [1.82, 2.24) is 9.80 Å². The number of likely N-dealkylation sites (N-methyl/N-ethyl adjacent to an activating group) is 1. The molecule has 1 aliphatic rings. The van der Waals surface area contributed by atoms with Crippen LogP contribution in [0.4, 0.5) is 0 Å². The fourth-order valence-electron chi connectivity index (χ4n) is 2.83. The Hall–Kier alpha value is -0.970. The highest BCUT2D eigenvalue weighted by molar-refractivity contribution is 7.80. The second-order valence-corrected chi connectivity index (χ2v) is 5.84. The van der Waals surface area contributed by atoms with Gasteiger partial charge >= 0.3 is 0 Å². The highest BCUT2D eigenvalue weighted by atomic mass is 32.1. The molecule has 1 heterocycles. The SMILES string of the molecule is CCc1ccc(C(C(N)=S)N2CCN(CC)CC2)cc1. The first-order chi connectivity index (χ1) is 9.65. The van der Waals surface area contributed by atoms with E-state index in [2.05, 4.69) is 47.9 Å². The highest BCUT2D eigenvalue weighted by Gasteiger charge is 2.26. The maximum atomic E-state index is 6.01. The lowest BCUT2D eigenvalue weighted by atomic mass is 10.0. The van der Waals surface area contributed by atoms with Crippen LogP contribution in [0.1, 0.15) is 31.0 Å². The van der Waals surface area contributed by atoms with Gasteiger partial charge in [-0.3, -0.25) is 4.90 Å². The van der Waals surface area contributed by atoms with Crippen LogP contribution in [-0.4, -0.2) is 47.5 Å². The molecule has 0 spiro atoms. The third-order valence-electron chi connectivity index (χ3n) is 4.19. The van der Waals surface area contributed by atoms with Crippen LogP contribution in [-0.2, 0) is 6.42 Å². The molecule has 2 N–H and O–H groups in total. The molecule has 1 aromatic rings. The number of hydrogen-bond acceptors (Lipinski definition) is 3. The normalized spacial score (nSPS) is 18.9. The van der Waals surface area contributed by atoms with Gasteiger partial charge in [0.2, 0.25) is 0 Å². The Balaban J connectivity index is 2.12. The minimum absolute atomic E-state index is 0.0786. The fraction of sp³-hybridized carbons (Fsp3) is 0.562. The van der Waals surface area contributed by atoms with Crippen LogP contribution in [0.5, 0.6) is 0 Å². The molecule has 20 heavy (non-hydrogen) atoms. The molecule has 1 aliphatic heterocycles. The van der Waals surface area contributed by atoms with Crippen LogP contribution >= 0.6 is 12.2 Å². The van der Waals surface area contributed by atoms with E-state index < -0.39 is 0 Å². The number of piperazine rings is 1. The quantitative estimate of drug-likeness (QED) is 0.843. The third-order valence-corrected chi connectivity index (χ3v) is 4.42. The summed E-state index contributed by atoms with van der Waals surface area (Å²) in [6.07, 6.45) is 1.06. The van der Waals surface area contributed by atoms with Crippen LogP contribution < -0.4 is 5.73 Å². The monoisotopic (exact) mass is 291 g/mol. The molecule has 2 rings (SSSR count). The minimum atomic E-state index is 0.0786. The zero-order valence-electron chi connectivity index (χ0n) is 12.5. The van der Waals surface area contributed by atoms with Crippen molar-refractivity contribution in [3.8, 4) is 0 Å². The van der Waals surface area contributed by atoms with Gasteiger partial charge in [0.15, 0.2) is 0 Å².